The number of nitrogens with one attached hydrogen (secondary N) is 1. The number of aromatic nitrogens is 1. The number of esters is 1. The smallest absolute Gasteiger partial charge is 0.328 e. The third kappa shape index (κ3) is 4.96. The number of carbonyl (C=O) groups excluding carboxylic acids is 2. The minimum Gasteiger partial charge on any atom is -0.467 e. The van der Waals surface area contributed by atoms with Gasteiger partial charge in [-0.25, -0.2) is 4.79 Å². The van der Waals surface area contributed by atoms with E-state index in [1.54, 1.807) is 19.9 Å². The zero-order chi connectivity index (χ0) is 19.1. The summed E-state index contributed by atoms with van der Waals surface area (Å²) in [6, 6.07) is 3.09. The van der Waals surface area contributed by atoms with Gasteiger partial charge in [-0.1, -0.05) is 20.8 Å². The van der Waals surface area contributed by atoms with E-state index in [9.17, 15) is 14.9 Å². The number of aryl methyl sites for hydroxylation is 1. The molecule has 0 aliphatic heterocycles. The highest BCUT2D eigenvalue weighted by Gasteiger charge is 2.26. The minimum atomic E-state index is -0.790. The zero-order valence-electron chi connectivity index (χ0n) is 15.8. The molecule has 0 aliphatic rings. The Kier molecular flexibility index (Phi) is 7.43. The molecule has 6 heteroatoms. The fourth-order valence-electron chi connectivity index (χ4n) is 2.69. The molecule has 0 bridgehead atoms. The number of amides is 1. The summed E-state index contributed by atoms with van der Waals surface area (Å²) in [5.74, 6) is -1.25. The predicted octanol–water partition coefficient (Wildman–Crippen LogP) is 2.74. The molecule has 0 spiro atoms. The monoisotopic (exact) mass is 345 g/mol. The highest BCUT2D eigenvalue weighted by molar-refractivity contribution is 6.03. The van der Waals surface area contributed by atoms with Crippen LogP contribution in [-0.4, -0.2) is 29.6 Å². The van der Waals surface area contributed by atoms with E-state index in [1.165, 1.54) is 7.11 Å². The maximum Gasteiger partial charge on any atom is 0.328 e. The van der Waals surface area contributed by atoms with Crippen molar-refractivity contribution in [2.75, 3.05) is 7.11 Å². The van der Waals surface area contributed by atoms with Crippen LogP contribution in [0.5, 0.6) is 0 Å². The van der Waals surface area contributed by atoms with Gasteiger partial charge >= 0.3 is 5.97 Å². The van der Waals surface area contributed by atoms with E-state index in [4.69, 9.17) is 4.74 Å². The maximum atomic E-state index is 12.4. The number of hydrogen-bond donors (Lipinski definition) is 1. The number of hydrogen-bond acceptors (Lipinski definition) is 4. The molecule has 6 nitrogen and oxygen atoms in total. The summed E-state index contributed by atoms with van der Waals surface area (Å²) in [6.45, 7) is 10.6. The molecule has 1 N–H and O–H groups in total. The number of nitrogens with zero attached hydrogens (tertiary/aromatic N) is 2. The Labute approximate surface area is 149 Å². The molecule has 1 unspecified atom stereocenters. The van der Waals surface area contributed by atoms with Crippen molar-refractivity contribution < 1.29 is 14.3 Å². The summed E-state index contributed by atoms with van der Waals surface area (Å²) in [6.07, 6.45) is 2.57. The number of methoxy groups -OCH3 is 1. The van der Waals surface area contributed by atoms with Gasteiger partial charge in [0.15, 0.2) is 0 Å². The molecule has 0 radical (unpaired) electrons. The summed E-state index contributed by atoms with van der Waals surface area (Å²) < 4.78 is 6.87. The topological polar surface area (TPSA) is 84.1 Å². The Hall–Kier alpha value is -2.55. The van der Waals surface area contributed by atoms with Crippen LogP contribution in [0.4, 0.5) is 0 Å². The van der Waals surface area contributed by atoms with Gasteiger partial charge < -0.3 is 14.6 Å². The van der Waals surface area contributed by atoms with Crippen LogP contribution in [0.3, 0.4) is 0 Å². The first kappa shape index (κ1) is 20.5. The second kappa shape index (κ2) is 9.07. The van der Waals surface area contributed by atoms with Crippen molar-refractivity contribution >= 4 is 18.0 Å². The molecule has 0 saturated carbocycles. The fourth-order valence-corrected chi connectivity index (χ4v) is 2.69. The van der Waals surface area contributed by atoms with Crippen LogP contribution >= 0.6 is 0 Å². The van der Waals surface area contributed by atoms with Crippen LogP contribution in [0.1, 0.15) is 44.1 Å². The summed E-state index contributed by atoms with van der Waals surface area (Å²) in [5.41, 5.74) is 2.88. The number of ether oxygens (including phenoxy) is 1. The van der Waals surface area contributed by atoms with Gasteiger partial charge in [0.2, 0.25) is 0 Å². The second-order valence-electron chi connectivity index (χ2n) is 6.37. The molecule has 0 aromatic carbocycles. The van der Waals surface area contributed by atoms with Gasteiger partial charge in [0, 0.05) is 17.9 Å². The molecule has 1 heterocycles. The Morgan fingerprint density at radius 1 is 1.40 bits per heavy atom. The number of nitriles is 1. The molecule has 0 aliphatic carbocycles. The van der Waals surface area contributed by atoms with Crippen molar-refractivity contribution in [2.45, 2.75) is 53.6 Å². The molecule has 136 valence electrons. The standard InChI is InChI=1S/C19H27N3O3/c1-7-8-22-13(4)9-15(14(22)5)10-16(11-20)18(23)21-17(12(2)3)19(24)25-6/h9-10,12,17H,7-8H2,1-6H3,(H,21,23)/b16-10-. The molecule has 0 saturated heterocycles. The van der Waals surface area contributed by atoms with Crippen LogP contribution in [0.2, 0.25) is 0 Å². The van der Waals surface area contributed by atoms with E-state index in [0.717, 1.165) is 29.9 Å². The van der Waals surface area contributed by atoms with Crippen molar-refractivity contribution in [1.29, 1.82) is 5.26 Å². The second-order valence-corrected chi connectivity index (χ2v) is 6.37. The first-order valence-corrected chi connectivity index (χ1v) is 8.43. The lowest BCUT2D eigenvalue weighted by Crippen LogP contribution is -2.45. The van der Waals surface area contributed by atoms with Crippen molar-refractivity contribution in [1.82, 2.24) is 9.88 Å². The van der Waals surface area contributed by atoms with Gasteiger partial charge in [0.05, 0.1) is 7.11 Å². The number of rotatable bonds is 7. The Balaban J connectivity index is 3.11. The van der Waals surface area contributed by atoms with E-state index in [2.05, 4.69) is 16.8 Å². The molecule has 1 aromatic rings. The third-order valence-corrected chi connectivity index (χ3v) is 4.13. The Morgan fingerprint density at radius 2 is 2.04 bits per heavy atom. The van der Waals surface area contributed by atoms with Crippen molar-refractivity contribution in [3.8, 4) is 6.07 Å². The molecule has 0 fully saturated rings. The molecular formula is C19H27N3O3. The van der Waals surface area contributed by atoms with Crippen molar-refractivity contribution in [3.05, 3.63) is 28.6 Å². The van der Waals surface area contributed by atoms with Gasteiger partial charge in [-0.2, -0.15) is 5.26 Å². The van der Waals surface area contributed by atoms with E-state index in [0.29, 0.717) is 0 Å². The Morgan fingerprint density at radius 3 is 2.52 bits per heavy atom. The number of carbonyl (C=O) groups is 2. The minimum absolute atomic E-state index is 0.0358. The van der Waals surface area contributed by atoms with E-state index in [-0.39, 0.29) is 11.5 Å². The van der Waals surface area contributed by atoms with Gasteiger partial charge in [-0.3, -0.25) is 4.79 Å². The highest BCUT2D eigenvalue weighted by Crippen LogP contribution is 2.19. The molecule has 1 aromatic heterocycles. The van der Waals surface area contributed by atoms with E-state index in [1.807, 2.05) is 26.0 Å². The summed E-state index contributed by atoms with van der Waals surface area (Å²) in [5, 5.41) is 12.0. The van der Waals surface area contributed by atoms with Crippen LogP contribution in [0, 0.1) is 31.1 Å². The average Bonchev–Trinajstić information content (AvgIpc) is 2.84. The molecule has 1 rings (SSSR count). The van der Waals surface area contributed by atoms with Gasteiger partial charge in [0.1, 0.15) is 17.7 Å². The van der Waals surface area contributed by atoms with Gasteiger partial charge in [0.25, 0.3) is 5.91 Å². The fraction of sp³-hybridized carbons (Fsp3) is 0.526. The van der Waals surface area contributed by atoms with E-state index >= 15 is 0 Å². The van der Waals surface area contributed by atoms with E-state index < -0.39 is 17.9 Å². The molecule has 25 heavy (non-hydrogen) atoms. The largest absolute Gasteiger partial charge is 0.467 e. The van der Waals surface area contributed by atoms with Crippen LogP contribution in [0.25, 0.3) is 6.08 Å². The lowest BCUT2D eigenvalue weighted by atomic mass is 10.0. The first-order chi connectivity index (χ1) is 11.8. The summed E-state index contributed by atoms with van der Waals surface area (Å²) in [4.78, 5) is 24.2. The van der Waals surface area contributed by atoms with Crippen LogP contribution < -0.4 is 5.32 Å². The van der Waals surface area contributed by atoms with Crippen molar-refractivity contribution in [3.63, 3.8) is 0 Å². The average molecular weight is 345 g/mol. The molecule has 1 atom stereocenters. The molecular weight excluding hydrogens is 318 g/mol. The van der Waals surface area contributed by atoms with Gasteiger partial charge in [-0.05, 0) is 43.9 Å². The van der Waals surface area contributed by atoms with Crippen molar-refractivity contribution in [2.24, 2.45) is 5.92 Å². The predicted molar refractivity (Wildman–Crippen MR) is 96.6 cm³/mol. The lowest BCUT2D eigenvalue weighted by molar-refractivity contribution is -0.145. The van der Waals surface area contributed by atoms with Gasteiger partial charge in [-0.15, -0.1) is 0 Å². The van der Waals surface area contributed by atoms with Crippen LogP contribution in [-0.2, 0) is 20.9 Å². The quantitative estimate of drug-likeness (QED) is 0.468. The SMILES string of the molecule is CCCn1c(C)cc(/C=C(/C#N)C(=O)NC(C(=O)OC)C(C)C)c1C. The summed E-state index contributed by atoms with van der Waals surface area (Å²) in [7, 11) is 1.27. The van der Waals surface area contributed by atoms with Crippen LogP contribution in [0.15, 0.2) is 11.6 Å². The normalized spacial score (nSPS) is 12.6. The highest BCUT2D eigenvalue weighted by atomic mass is 16.5. The third-order valence-electron chi connectivity index (χ3n) is 4.13. The Bertz CT molecular complexity index is 708. The zero-order valence-corrected chi connectivity index (χ0v) is 15.8. The lowest BCUT2D eigenvalue weighted by Gasteiger charge is -2.19. The summed E-state index contributed by atoms with van der Waals surface area (Å²) >= 11 is 0. The first-order valence-electron chi connectivity index (χ1n) is 8.43. The maximum absolute atomic E-state index is 12.4. The molecule has 1 amide bonds.